The normalized spacial score (nSPS) is 12.5. The largest absolute Gasteiger partial charge is 0.384 e. The molecule has 5 heteroatoms. The topological polar surface area (TPSA) is 20.2 Å². The smallest absolute Gasteiger partial charge is 0.127 e. The maximum absolute atomic E-state index is 13.4. The average molecular weight is 364 g/mol. The minimum Gasteiger partial charge on any atom is -0.384 e. The van der Waals surface area contributed by atoms with Crippen LogP contribution in [0.4, 0.5) is 4.39 Å². The molecule has 0 aromatic heterocycles. The quantitative estimate of drug-likeness (QED) is 0.768. The van der Waals surface area contributed by atoms with E-state index >= 15 is 0 Å². The van der Waals surface area contributed by atoms with Crippen LogP contribution in [0.15, 0.2) is 34.8 Å². The molecular formula is C14H10BrCl2FO. The summed E-state index contributed by atoms with van der Waals surface area (Å²) in [4.78, 5) is 0. The third-order valence-corrected chi connectivity index (χ3v) is 3.98. The van der Waals surface area contributed by atoms with Crippen molar-refractivity contribution in [2.24, 2.45) is 0 Å². The summed E-state index contributed by atoms with van der Waals surface area (Å²) >= 11 is 15.4. The van der Waals surface area contributed by atoms with Gasteiger partial charge in [0.2, 0.25) is 0 Å². The van der Waals surface area contributed by atoms with Crippen molar-refractivity contribution in [2.75, 3.05) is 0 Å². The molecule has 0 radical (unpaired) electrons. The van der Waals surface area contributed by atoms with E-state index in [9.17, 15) is 9.50 Å². The van der Waals surface area contributed by atoms with Crippen LogP contribution in [0.5, 0.6) is 0 Å². The van der Waals surface area contributed by atoms with Gasteiger partial charge in [-0.05, 0) is 36.8 Å². The Morgan fingerprint density at radius 3 is 2.37 bits per heavy atom. The lowest BCUT2D eigenvalue weighted by Gasteiger charge is -2.16. The van der Waals surface area contributed by atoms with Crippen molar-refractivity contribution < 1.29 is 9.50 Å². The molecule has 2 rings (SSSR count). The molecule has 0 aliphatic rings. The Labute approximate surface area is 129 Å². The van der Waals surface area contributed by atoms with E-state index in [4.69, 9.17) is 23.2 Å². The van der Waals surface area contributed by atoms with E-state index in [1.165, 1.54) is 12.1 Å². The van der Waals surface area contributed by atoms with E-state index < -0.39 is 11.9 Å². The van der Waals surface area contributed by atoms with Crippen LogP contribution < -0.4 is 0 Å². The molecule has 0 aliphatic heterocycles. The van der Waals surface area contributed by atoms with Gasteiger partial charge in [-0.2, -0.15) is 0 Å². The standard InChI is InChI=1S/C14H10BrCl2FO/c1-7-4-10(12(17)6-13(7)18)14(19)9-3-2-8(15)5-11(9)16/h2-6,14,19H,1H3. The van der Waals surface area contributed by atoms with Gasteiger partial charge in [-0.3, -0.25) is 0 Å². The minimum atomic E-state index is -0.993. The van der Waals surface area contributed by atoms with Crippen LogP contribution in [0.3, 0.4) is 0 Å². The van der Waals surface area contributed by atoms with Gasteiger partial charge in [0.05, 0.1) is 0 Å². The van der Waals surface area contributed by atoms with E-state index in [2.05, 4.69) is 15.9 Å². The van der Waals surface area contributed by atoms with Gasteiger partial charge in [-0.25, -0.2) is 4.39 Å². The monoisotopic (exact) mass is 362 g/mol. The highest BCUT2D eigenvalue weighted by atomic mass is 79.9. The molecule has 100 valence electrons. The molecule has 1 N–H and O–H groups in total. The van der Waals surface area contributed by atoms with Gasteiger partial charge >= 0.3 is 0 Å². The summed E-state index contributed by atoms with van der Waals surface area (Å²) in [5, 5.41) is 10.9. The number of aliphatic hydroxyl groups excluding tert-OH is 1. The van der Waals surface area contributed by atoms with Crippen molar-refractivity contribution in [3.05, 3.63) is 67.4 Å². The highest BCUT2D eigenvalue weighted by Crippen LogP contribution is 2.34. The first kappa shape index (κ1) is 14.8. The predicted molar refractivity (Wildman–Crippen MR) is 79.4 cm³/mol. The molecule has 1 atom stereocenters. The van der Waals surface area contributed by atoms with Gasteiger partial charge in [0.25, 0.3) is 0 Å². The molecule has 0 saturated heterocycles. The molecule has 1 unspecified atom stereocenters. The maximum atomic E-state index is 13.4. The Morgan fingerprint density at radius 2 is 1.74 bits per heavy atom. The Balaban J connectivity index is 2.49. The summed E-state index contributed by atoms with van der Waals surface area (Å²) in [5.41, 5.74) is 1.38. The number of benzene rings is 2. The summed E-state index contributed by atoms with van der Waals surface area (Å²) in [6.07, 6.45) is -0.993. The van der Waals surface area contributed by atoms with Crippen LogP contribution >= 0.6 is 39.1 Å². The van der Waals surface area contributed by atoms with Crippen molar-refractivity contribution >= 4 is 39.1 Å². The molecule has 1 nitrogen and oxygen atoms in total. The number of rotatable bonds is 2. The van der Waals surface area contributed by atoms with Crippen LogP contribution in [-0.4, -0.2) is 5.11 Å². The van der Waals surface area contributed by atoms with Crippen molar-refractivity contribution in [1.29, 1.82) is 0 Å². The zero-order valence-electron chi connectivity index (χ0n) is 9.92. The fourth-order valence-electron chi connectivity index (χ4n) is 1.78. The van der Waals surface area contributed by atoms with Gasteiger partial charge in [-0.15, -0.1) is 0 Å². The number of hydrogen-bond donors (Lipinski definition) is 1. The molecule has 19 heavy (non-hydrogen) atoms. The Bertz CT molecular complexity index is 631. The van der Waals surface area contributed by atoms with E-state index in [0.717, 1.165) is 4.47 Å². The first-order valence-corrected chi connectivity index (χ1v) is 7.03. The van der Waals surface area contributed by atoms with E-state index in [0.29, 0.717) is 21.7 Å². The highest BCUT2D eigenvalue weighted by Gasteiger charge is 2.18. The lowest BCUT2D eigenvalue weighted by atomic mass is 9.99. The number of aliphatic hydroxyl groups is 1. The predicted octanol–water partition coefficient (Wildman–Crippen LogP) is 5.29. The second-order valence-electron chi connectivity index (χ2n) is 4.19. The van der Waals surface area contributed by atoms with Crippen LogP contribution in [0.2, 0.25) is 10.0 Å². The number of hydrogen-bond acceptors (Lipinski definition) is 1. The molecule has 0 aliphatic carbocycles. The van der Waals surface area contributed by atoms with E-state index in [1.807, 2.05) is 0 Å². The van der Waals surface area contributed by atoms with Crippen molar-refractivity contribution in [3.63, 3.8) is 0 Å². The Kier molecular flexibility index (Phi) is 4.51. The highest BCUT2D eigenvalue weighted by molar-refractivity contribution is 9.10. The van der Waals surface area contributed by atoms with E-state index in [1.54, 1.807) is 25.1 Å². The van der Waals surface area contributed by atoms with Crippen molar-refractivity contribution in [2.45, 2.75) is 13.0 Å². The SMILES string of the molecule is Cc1cc(C(O)c2ccc(Br)cc2Cl)c(Cl)cc1F. The zero-order valence-corrected chi connectivity index (χ0v) is 13.0. The molecule has 0 saturated carbocycles. The fraction of sp³-hybridized carbons (Fsp3) is 0.143. The Hall–Kier alpha value is -0.610. The summed E-state index contributed by atoms with van der Waals surface area (Å²) in [6.45, 7) is 1.62. The molecule has 0 fully saturated rings. The molecular weight excluding hydrogens is 354 g/mol. The lowest BCUT2D eigenvalue weighted by Crippen LogP contribution is -2.03. The molecule has 0 heterocycles. The second-order valence-corrected chi connectivity index (χ2v) is 5.92. The van der Waals surface area contributed by atoms with Gasteiger partial charge in [0.15, 0.2) is 0 Å². The maximum Gasteiger partial charge on any atom is 0.127 e. The second kappa shape index (κ2) is 5.80. The molecule has 0 spiro atoms. The van der Waals surface area contributed by atoms with Crippen LogP contribution in [-0.2, 0) is 0 Å². The summed E-state index contributed by atoms with van der Waals surface area (Å²) in [6, 6.07) is 7.88. The summed E-state index contributed by atoms with van der Waals surface area (Å²) < 4.78 is 14.2. The van der Waals surface area contributed by atoms with Gasteiger partial charge in [0, 0.05) is 25.6 Å². The van der Waals surface area contributed by atoms with Gasteiger partial charge in [0.1, 0.15) is 11.9 Å². The van der Waals surface area contributed by atoms with Crippen LogP contribution in [0.25, 0.3) is 0 Å². The first-order valence-electron chi connectivity index (χ1n) is 5.48. The lowest BCUT2D eigenvalue weighted by molar-refractivity contribution is 0.220. The number of halogens is 4. The van der Waals surface area contributed by atoms with Crippen LogP contribution in [0.1, 0.15) is 22.8 Å². The van der Waals surface area contributed by atoms with Crippen molar-refractivity contribution in [1.82, 2.24) is 0 Å². The Morgan fingerprint density at radius 1 is 1.11 bits per heavy atom. The van der Waals surface area contributed by atoms with E-state index in [-0.39, 0.29) is 5.02 Å². The zero-order chi connectivity index (χ0) is 14.2. The molecule has 0 bridgehead atoms. The van der Waals surface area contributed by atoms with Crippen LogP contribution in [0, 0.1) is 12.7 Å². The summed E-state index contributed by atoms with van der Waals surface area (Å²) in [5.74, 6) is -0.400. The minimum absolute atomic E-state index is 0.176. The van der Waals surface area contributed by atoms with Crippen molar-refractivity contribution in [3.8, 4) is 0 Å². The molecule has 0 amide bonds. The first-order chi connectivity index (χ1) is 8.90. The fourth-order valence-corrected chi connectivity index (χ4v) is 2.81. The average Bonchev–Trinajstić information content (AvgIpc) is 2.33. The number of aryl methyl sites for hydroxylation is 1. The summed E-state index contributed by atoms with van der Waals surface area (Å²) in [7, 11) is 0. The van der Waals surface area contributed by atoms with Gasteiger partial charge < -0.3 is 5.11 Å². The van der Waals surface area contributed by atoms with Gasteiger partial charge in [-0.1, -0.05) is 45.2 Å². The third kappa shape index (κ3) is 3.11. The molecule has 2 aromatic rings. The molecule has 2 aromatic carbocycles. The third-order valence-electron chi connectivity index (χ3n) is 2.83.